The molecule has 2 heterocycles. The highest BCUT2D eigenvalue weighted by atomic mass is 35.5. The van der Waals surface area contributed by atoms with Crippen LogP contribution in [0.15, 0.2) is 17.1 Å². The number of carbonyl (C=O) groups excluding carboxylic acids is 1. The van der Waals surface area contributed by atoms with Gasteiger partial charge in [0, 0.05) is 60.7 Å². The molecule has 8 heteroatoms. The summed E-state index contributed by atoms with van der Waals surface area (Å²) >= 11 is 6.03. The number of H-pyrrole nitrogens is 1. The molecule has 25 heavy (non-hydrogen) atoms. The lowest BCUT2D eigenvalue weighted by atomic mass is 9.98. The van der Waals surface area contributed by atoms with Crippen LogP contribution in [0.5, 0.6) is 0 Å². The highest BCUT2D eigenvalue weighted by Gasteiger charge is 2.27. The van der Waals surface area contributed by atoms with Crippen molar-refractivity contribution in [3.8, 4) is 0 Å². The van der Waals surface area contributed by atoms with E-state index >= 15 is 0 Å². The Bertz CT molecular complexity index is 904. The molecule has 1 aliphatic rings. The second kappa shape index (κ2) is 6.85. The molecule has 1 aromatic heterocycles. The number of halogens is 2. The van der Waals surface area contributed by atoms with E-state index in [9.17, 15) is 9.18 Å². The van der Waals surface area contributed by atoms with Crippen LogP contribution in [-0.4, -0.2) is 47.3 Å². The zero-order valence-corrected chi connectivity index (χ0v) is 14.4. The fraction of sp³-hybridized carbons (Fsp3) is 0.294. The number of allylic oxidation sites excluding steroid dienone is 1. The summed E-state index contributed by atoms with van der Waals surface area (Å²) in [7, 11) is 1.62. The molecule has 132 valence electrons. The Labute approximate surface area is 148 Å². The summed E-state index contributed by atoms with van der Waals surface area (Å²) in [6.45, 7) is 0.176. The molecule has 0 atom stereocenters. The van der Waals surface area contributed by atoms with Gasteiger partial charge in [0.25, 0.3) is 0 Å². The third kappa shape index (κ3) is 3.01. The summed E-state index contributed by atoms with van der Waals surface area (Å²) in [5.41, 5.74) is 9.02. The molecule has 0 saturated heterocycles. The molecule has 0 aliphatic carbocycles. The van der Waals surface area contributed by atoms with Crippen LogP contribution in [0.3, 0.4) is 0 Å². The van der Waals surface area contributed by atoms with Crippen molar-refractivity contribution in [2.75, 3.05) is 20.2 Å². The largest absolute Gasteiger partial charge is 0.398 e. The smallest absolute Gasteiger partial charge is 0.248 e. The van der Waals surface area contributed by atoms with Gasteiger partial charge in [-0.1, -0.05) is 11.6 Å². The average Bonchev–Trinajstić information content (AvgIpc) is 3.00. The molecule has 0 bridgehead atoms. The van der Waals surface area contributed by atoms with Gasteiger partial charge in [0.05, 0.1) is 10.5 Å². The maximum absolute atomic E-state index is 14.5. The summed E-state index contributed by atoms with van der Waals surface area (Å²) < 4.78 is 14.5. The number of hydrogen-bond donors (Lipinski definition) is 3. The number of aromatic amines is 1. The standard InChI is InChI=1S/C17H18ClFN4O2/c1-21-4-2-12(20)9-6-11(18)16(19)17-15(9)10-7-23(14(25)8-24)5-3-13(10)22-17/h2,4,6,22,24H,3,5,7-8,20H2,1H3/b12-2-,21-4?. The highest BCUT2D eigenvalue weighted by molar-refractivity contribution is 6.32. The first kappa shape index (κ1) is 17.4. The average molecular weight is 365 g/mol. The lowest BCUT2D eigenvalue weighted by Gasteiger charge is -2.26. The number of aliphatic hydroxyl groups excluding tert-OH is 1. The van der Waals surface area contributed by atoms with Crippen LogP contribution in [0.25, 0.3) is 16.6 Å². The number of carbonyl (C=O) groups is 1. The van der Waals surface area contributed by atoms with Gasteiger partial charge in [0.2, 0.25) is 5.91 Å². The highest BCUT2D eigenvalue weighted by Crippen LogP contribution is 2.36. The summed E-state index contributed by atoms with van der Waals surface area (Å²) in [6, 6.07) is 1.48. The fourth-order valence-corrected chi connectivity index (χ4v) is 3.33. The molecule has 1 aromatic carbocycles. The van der Waals surface area contributed by atoms with Gasteiger partial charge in [0.1, 0.15) is 6.61 Å². The van der Waals surface area contributed by atoms with Crippen LogP contribution in [0.1, 0.15) is 16.8 Å². The Morgan fingerprint density at radius 1 is 1.60 bits per heavy atom. The zero-order valence-electron chi connectivity index (χ0n) is 13.6. The Balaban J connectivity index is 2.23. The van der Waals surface area contributed by atoms with Crippen LogP contribution in [0.2, 0.25) is 5.02 Å². The van der Waals surface area contributed by atoms with Gasteiger partial charge in [-0.15, -0.1) is 0 Å². The molecular formula is C17H18ClFN4O2. The van der Waals surface area contributed by atoms with E-state index in [0.717, 1.165) is 11.3 Å². The predicted molar refractivity (Wildman–Crippen MR) is 96.1 cm³/mol. The molecule has 0 spiro atoms. The SMILES string of the molecule is CN=C/C=C(\N)c1cc(Cl)c(F)c2[nH]c3c(c12)CN(C(=O)CO)CC3. The van der Waals surface area contributed by atoms with Gasteiger partial charge >= 0.3 is 0 Å². The van der Waals surface area contributed by atoms with Crippen LogP contribution in [0.4, 0.5) is 4.39 Å². The molecule has 0 fully saturated rings. The molecule has 6 nitrogen and oxygen atoms in total. The summed E-state index contributed by atoms with van der Waals surface area (Å²) in [4.78, 5) is 20.3. The minimum absolute atomic E-state index is 0.0332. The maximum atomic E-state index is 14.5. The number of nitrogens with zero attached hydrogens (tertiary/aromatic N) is 2. The van der Waals surface area contributed by atoms with E-state index in [1.54, 1.807) is 24.2 Å². The van der Waals surface area contributed by atoms with Crippen molar-refractivity contribution < 1.29 is 14.3 Å². The minimum Gasteiger partial charge on any atom is -0.398 e. The van der Waals surface area contributed by atoms with Crippen molar-refractivity contribution in [3.05, 3.63) is 39.8 Å². The number of aliphatic imine (C=N–C) groups is 1. The van der Waals surface area contributed by atoms with Crippen LogP contribution < -0.4 is 5.73 Å². The third-order valence-electron chi connectivity index (χ3n) is 4.34. The number of fused-ring (bicyclic) bond motifs is 3. The molecule has 2 aromatic rings. The number of rotatable bonds is 3. The van der Waals surface area contributed by atoms with Gasteiger partial charge in [-0.2, -0.15) is 0 Å². The number of aromatic nitrogens is 1. The Morgan fingerprint density at radius 3 is 3.04 bits per heavy atom. The Kier molecular flexibility index (Phi) is 4.78. The first-order chi connectivity index (χ1) is 12.0. The number of amides is 1. The van der Waals surface area contributed by atoms with Crippen LogP contribution >= 0.6 is 11.6 Å². The van der Waals surface area contributed by atoms with Gasteiger partial charge in [-0.3, -0.25) is 9.79 Å². The van der Waals surface area contributed by atoms with E-state index in [4.69, 9.17) is 22.4 Å². The molecule has 1 amide bonds. The zero-order chi connectivity index (χ0) is 18.1. The third-order valence-corrected chi connectivity index (χ3v) is 4.62. The first-order valence-corrected chi connectivity index (χ1v) is 8.14. The minimum atomic E-state index is -0.556. The Hall–Kier alpha value is -2.38. The van der Waals surface area contributed by atoms with E-state index in [0.29, 0.717) is 29.6 Å². The summed E-state index contributed by atoms with van der Waals surface area (Å²) in [5, 5.41) is 9.67. The lowest BCUT2D eigenvalue weighted by molar-refractivity contribution is -0.135. The van der Waals surface area contributed by atoms with E-state index in [1.165, 1.54) is 6.07 Å². The number of hydrogen-bond acceptors (Lipinski definition) is 4. The van der Waals surface area contributed by atoms with Crippen LogP contribution in [0, 0.1) is 5.82 Å². The maximum Gasteiger partial charge on any atom is 0.248 e. The quantitative estimate of drug-likeness (QED) is 0.725. The van der Waals surface area contributed by atoms with Crippen LogP contribution in [-0.2, 0) is 17.8 Å². The number of nitrogens with two attached hydrogens (primary N) is 1. The summed E-state index contributed by atoms with van der Waals surface area (Å²) in [5.74, 6) is -0.913. The number of aliphatic hydroxyl groups is 1. The van der Waals surface area contributed by atoms with Crippen molar-refractivity contribution in [1.82, 2.24) is 9.88 Å². The van der Waals surface area contributed by atoms with E-state index in [2.05, 4.69) is 9.98 Å². The predicted octanol–water partition coefficient (Wildman–Crippen LogP) is 1.84. The number of benzene rings is 1. The molecule has 0 unspecified atom stereocenters. The van der Waals surface area contributed by atoms with Gasteiger partial charge in [0.15, 0.2) is 5.82 Å². The van der Waals surface area contributed by atoms with Crippen molar-refractivity contribution in [2.24, 2.45) is 10.7 Å². The van der Waals surface area contributed by atoms with Crippen molar-refractivity contribution in [3.63, 3.8) is 0 Å². The molecule has 0 saturated carbocycles. The monoisotopic (exact) mass is 364 g/mol. The lowest BCUT2D eigenvalue weighted by Crippen LogP contribution is -2.37. The van der Waals surface area contributed by atoms with Gasteiger partial charge < -0.3 is 20.7 Å². The van der Waals surface area contributed by atoms with E-state index in [-0.39, 0.29) is 23.0 Å². The van der Waals surface area contributed by atoms with Gasteiger partial charge in [-0.05, 0) is 12.1 Å². The van der Waals surface area contributed by atoms with E-state index < -0.39 is 12.4 Å². The summed E-state index contributed by atoms with van der Waals surface area (Å²) in [6.07, 6.45) is 3.69. The molecular weight excluding hydrogens is 347 g/mol. The number of nitrogens with one attached hydrogen (secondary N) is 1. The molecule has 1 aliphatic heterocycles. The van der Waals surface area contributed by atoms with Gasteiger partial charge in [-0.25, -0.2) is 4.39 Å². The fourth-order valence-electron chi connectivity index (χ4n) is 3.12. The van der Waals surface area contributed by atoms with Crippen molar-refractivity contribution in [1.29, 1.82) is 0 Å². The van der Waals surface area contributed by atoms with Crippen molar-refractivity contribution in [2.45, 2.75) is 13.0 Å². The Morgan fingerprint density at radius 2 is 2.36 bits per heavy atom. The normalized spacial score (nSPS) is 15.2. The van der Waals surface area contributed by atoms with E-state index in [1.807, 2.05) is 0 Å². The second-order valence-electron chi connectivity index (χ2n) is 5.80. The second-order valence-corrected chi connectivity index (χ2v) is 6.21. The molecule has 0 radical (unpaired) electrons. The topological polar surface area (TPSA) is 94.7 Å². The first-order valence-electron chi connectivity index (χ1n) is 7.76. The van der Waals surface area contributed by atoms with Crippen molar-refractivity contribution >= 4 is 40.3 Å². The molecule has 3 rings (SSSR count). The molecule has 4 N–H and O–H groups in total.